The van der Waals surface area contributed by atoms with Crippen LogP contribution in [-0.2, 0) is 0 Å². The predicted molar refractivity (Wildman–Crippen MR) is 84.7 cm³/mol. The minimum Gasteiger partial charge on any atom is -0.872 e. The monoisotopic (exact) mass is 306 g/mol. The number of carboxylic acids is 1. The Labute approximate surface area is 131 Å². The molecule has 0 bridgehead atoms. The fraction of sp³-hybridized carbons (Fsp3) is 0. The predicted octanol–water partition coefficient (Wildman–Crippen LogP) is 2.86. The topological polar surface area (TPSA) is 89.5 Å². The molecule has 114 valence electrons. The van der Waals surface area contributed by atoms with Crippen molar-refractivity contribution in [2.45, 2.75) is 0 Å². The van der Waals surface area contributed by atoms with E-state index in [9.17, 15) is 14.7 Å². The maximum absolute atomic E-state index is 12.5. The van der Waals surface area contributed by atoms with Gasteiger partial charge in [-0.15, -0.1) is 5.75 Å². The van der Waals surface area contributed by atoms with Gasteiger partial charge in [-0.2, -0.15) is 0 Å². The summed E-state index contributed by atoms with van der Waals surface area (Å²) < 4.78 is 0. The molecule has 0 saturated carbocycles. The molecule has 0 saturated heterocycles. The third-order valence-corrected chi connectivity index (χ3v) is 3.50. The van der Waals surface area contributed by atoms with Crippen LogP contribution in [0.5, 0.6) is 5.75 Å². The minimum atomic E-state index is -1.27. The number of fused-ring (bicyclic) bond motifs is 1. The van der Waals surface area contributed by atoms with Gasteiger partial charge in [0.05, 0.1) is 11.3 Å². The molecule has 1 amide bonds. The van der Waals surface area contributed by atoms with Gasteiger partial charge in [-0.3, -0.25) is 4.79 Å². The van der Waals surface area contributed by atoms with E-state index < -0.39 is 17.6 Å². The van der Waals surface area contributed by atoms with Crippen molar-refractivity contribution in [2.24, 2.45) is 0 Å². The Kier molecular flexibility index (Phi) is 3.68. The Morgan fingerprint density at radius 3 is 2.43 bits per heavy atom. The van der Waals surface area contributed by atoms with Crippen molar-refractivity contribution in [3.63, 3.8) is 0 Å². The van der Waals surface area contributed by atoms with Gasteiger partial charge in [-0.05, 0) is 22.9 Å². The number of hydrogen-bond acceptors (Lipinski definition) is 3. The Morgan fingerprint density at radius 1 is 0.913 bits per heavy atom. The number of amides is 1. The average Bonchev–Trinajstić information content (AvgIpc) is 2.55. The first-order valence-electron chi connectivity index (χ1n) is 6.90. The zero-order valence-corrected chi connectivity index (χ0v) is 11.9. The SMILES string of the molecule is O=C(O)c1cc([O-])ccc1NC(=O)c1cccc2ccccc12. The van der Waals surface area contributed by atoms with E-state index in [0.717, 1.165) is 16.8 Å². The molecule has 0 heterocycles. The van der Waals surface area contributed by atoms with Crippen molar-refractivity contribution >= 4 is 28.3 Å². The van der Waals surface area contributed by atoms with Crippen LogP contribution in [0.4, 0.5) is 5.69 Å². The van der Waals surface area contributed by atoms with E-state index in [2.05, 4.69) is 5.32 Å². The van der Waals surface area contributed by atoms with Crippen LogP contribution < -0.4 is 10.4 Å². The molecular weight excluding hydrogens is 294 g/mol. The normalized spacial score (nSPS) is 10.4. The number of aromatic carboxylic acids is 1. The summed E-state index contributed by atoms with van der Waals surface area (Å²) in [7, 11) is 0. The van der Waals surface area contributed by atoms with Crippen molar-refractivity contribution in [1.29, 1.82) is 0 Å². The van der Waals surface area contributed by atoms with Crippen LogP contribution in [0.1, 0.15) is 20.7 Å². The van der Waals surface area contributed by atoms with E-state index in [4.69, 9.17) is 5.11 Å². The number of rotatable bonds is 3. The van der Waals surface area contributed by atoms with Gasteiger partial charge < -0.3 is 15.5 Å². The van der Waals surface area contributed by atoms with Gasteiger partial charge in [0.25, 0.3) is 5.91 Å². The molecule has 0 radical (unpaired) electrons. The van der Waals surface area contributed by atoms with Crippen molar-refractivity contribution in [3.05, 3.63) is 71.8 Å². The summed E-state index contributed by atoms with van der Waals surface area (Å²) in [6.45, 7) is 0. The van der Waals surface area contributed by atoms with Crippen LogP contribution >= 0.6 is 0 Å². The van der Waals surface area contributed by atoms with Crippen LogP contribution in [0, 0.1) is 0 Å². The number of benzene rings is 3. The second-order valence-electron chi connectivity index (χ2n) is 4.99. The first-order valence-corrected chi connectivity index (χ1v) is 6.90. The Bertz CT molecular complexity index is 913. The number of nitrogens with one attached hydrogen (secondary N) is 1. The highest BCUT2D eigenvalue weighted by Crippen LogP contribution is 2.23. The van der Waals surface area contributed by atoms with Gasteiger partial charge in [0.15, 0.2) is 0 Å². The molecule has 0 atom stereocenters. The number of anilines is 1. The van der Waals surface area contributed by atoms with Gasteiger partial charge >= 0.3 is 5.97 Å². The van der Waals surface area contributed by atoms with E-state index >= 15 is 0 Å². The lowest BCUT2D eigenvalue weighted by atomic mass is 10.0. The van der Waals surface area contributed by atoms with E-state index in [1.165, 1.54) is 12.1 Å². The van der Waals surface area contributed by atoms with Gasteiger partial charge in [0.2, 0.25) is 0 Å². The first-order chi connectivity index (χ1) is 11.1. The van der Waals surface area contributed by atoms with Gasteiger partial charge in [0, 0.05) is 5.56 Å². The second kappa shape index (κ2) is 5.81. The summed E-state index contributed by atoms with van der Waals surface area (Å²) in [6, 6.07) is 16.2. The molecule has 0 aliphatic carbocycles. The number of hydrogen-bond donors (Lipinski definition) is 2. The summed E-state index contributed by atoms with van der Waals surface area (Å²) in [5.41, 5.74) is 0.298. The zero-order valence-electron chi connectivity index (χ0n) is 11.9. The number of carbonyl (C=O) groups excluding carboxylic acids is 1. The van der Waals surface area contributed by atoms with Crippen molar-refractivity contribution < 1.29 is 19.8 Å². The van der Waals surface area contributed by atoms with E-state index in [-0.39, 0.29) is 11.3 Å². The molecule has 5 nitrogen and oxygen atoms in total. The molecular formula is C18H12NO4-. The van der Waals surface area contributed by atoms with Crippen LogP contribution in [-0.4, -0.2) is 17.0 Å². The summed E-state index contributed by atoms with van der Waals surface area (Å²) in [4.78, 5) is 23.7. The summed E-state index contributed by atoms with van der Waals surface area (Å²) in [5.74, 6) is -2.12. The van der Waals surface area contributed by atoms with Crippen molar-refractivity contribution in [3.8, 4) is 5.75 Å². The summed E-state index contributed by atoms with van der Waals surface area (Å²) >= 11 is 0. The largest absolute Gasteiger partial charge is 0.872 e. The molecule has 0 fully saturated rings. The lowest BCUT2D eigenvalue weighted by Gasteiger charge is -2.13. The molecule has 0 aliphatic heterocycles. The number of carboxylic acid groups (broad SMARTS) is 1. The van der Waals surface area contributed by atoms with Crippen molar-refractivity contribution in [2.75, 3.05) is 5.32 Å². The van der Waals surface area contributed by atoms with Crippen LogP contribution in [0.25, 0.3) is 10.8 Å². The molecule has 3 aromatic carbocycles. The molecule has 0 spiro atoms. The Balaban J connectivity index is 2.00. The van der Waals surface area contributed by atoms with E-state index in [0.29, 0.717) is 5.56 Å². The maximum atomic E-state index is 12.5. The Morgan fingerprint density at radius 2 is 1.65 bits per heavy atom. The lowest BCUT2D eigenvalue weighted by Crippen LogP contribution is -2.15. The molecule has 0 aromatic heterocycles. The highest BCUT2D eigenvalue weighted by Gasteiger charge is 2.14. The third kappa shape index (κ3) is 2.85. The molecule has 23 heavy (non-hydrogen) atoms. The van der Waals surface area contributed by atoms with Crippen LogP contribution in [0.15, 0.2) is 60.7 Å². The fourth-order valence-corrected chi connectivity index (χ4v) is 2.42. The van der Waals surface area contributed by atoms with Gasteiger partial charge in [-0.1, -0.05) is 48.5 Å². The highest BCUT2D eigenvalue weighted by atomic mass is 16.4. The standard InChI is InChI=1S/C18H13NO4/c20-12-8-9-16(15(10-12)18(22)23)19-17(21)14-7-3-5-11-4-1-2-6-13(11)14/h1-10,20H,(H,19,21)(H,22,23)/p-1. The van der Waals surface area contributed by atoms with Crippen LogP contribution in [0.3, 0.4) is 0 Å². The molecule has 2 N–H and O–H groups in total. The van der Waals surface area contributed by atoms with Gasteiger partial charge in [-0.25, -0.2) is 4.79 Å². The third-order valence-electron chi connectivity index (χ3n) is 3.50. The quantitative estimate of drug-likeness (QED) is 0.778. The minimum absolute atomic E-state index is 0.0926. The molecule has 5 heteroatoms. The van der Waals surface area contributed by atoms with Crippen molar-refractivity contribution in [1.82, 2.24) is 0 Å². The van der Waals surface area contributed by atoms with Gasteiger partial charge in [0.1, 0.15) is 0 Å². The Hall–Kier alpha value is -3.34. The summed E-state index contributed by atoms with van der Waals surface area (Å²) in [5, 5.41) is 24.7. The summed E-state index contributed by atoms with van der Waals surface area (Å²) in [6.07, 6.45) is 0. The molecule has 3 aromatic rings. The smallest absolute Gasteiger partial charge is 0.337 e. The zero-order chi connectivity index (χ0) is 16.4. The van der Waals surface area contributed by atoms with E-state index in [1.54, 1.807) is 12.1 Å². The molecule has 0 unspecified atom stereocenters. The second-order valence-corrected chi connectivity index (χ2v) is 4.99. The number of carbonyl (C=O) groups is 2. The van der Waals surface area contributed by atoms with Crippen LogP contribution in [0.2, 0.25) is 0 Å². The maximum Gasteiger partial charge on any atom is 0.337 e. The molecule has 3 rings (SSSR count). The molecule has 0 aliphatic rings. The fourth-order valence-electron chi connectivity index (χ4n) is 2.42. The average molecular weight is 306 g/mol. The van der Waals surface area contributed by atoms with E-state index in [1.807, 2.05) is 30.3 Å². The lowest BCUT2D eigenvalue weighted by molar-refractivity contribution is -0.268. The highest BCUT2D eigenvalue weighted by molar-refractivity contribution is 6.14. The first kappa shape index (κ1) is 14.6.